The van der Waals surface area contributed by atoms with Crippen LogP contribution in [0.15, 0.2) is 24.5 Å². The number of pyridine rings is 1. The predicted molar refractivity (Wildman–Crippen MR) is 82.3 cm³/mol. The Kier molecular flexibility index (Phi) is 5.31. The highest BCUT2D eigenvalue weighted by Crippen LogP contribution is 2.31. The molecule has 21 heavy (non-hydrogen) atoms. The highest BCUT2D eigenvalue weighted by Gasteiger charge is 2.37. The van der Waals surface area contributed by atoms with E-state index in [-0.39, 0.29) is 11.4 Å². The zero-order chi connectivity index (χ0) is 15.3. The molecule has 1 aromatic heterocycles. The van der Waals surface area contributed by atoms with Crippen LogP contribution in [0.3, 0.4) is 0 Å². The Morgan fingerprint density at radius 2 is 2.14 bits per heavy atom. The average molecular weight is 291 g/mol. The van der Waals surface area contributed by atoms with Crippen LogP contribution in [0.2, 0.25) is 0 Å². The summed E-state index contributed by atoms with van der Waals surface area (Å²) in [4.78, 5) is 20.7. The first-order valence-electron chi connectivity index (χ1n) is 7.45. The van der Waals surface area contributed by atoms with E-state index in [0.29, 0.717) is 5.56 Å². The fourth-order valence-corrected chi connectivity index (χ4v) is 3.01. The molecule has 0 saturated carbocycles. The van der Waals surface area contributed by atoms with Crippen LogP contribution in [0, 0.1) is 0 Å². The molecule has 1 fully saturated rings. The molecule has 2 rings (SSSR count). The molecule has 1 aliphatic rings. The summed E-state index contributed by atoms with van der Waals surface area (Å²) in [5.41, 5.74) is 0.814. The van der Waals surface area contributed by atoms with Crippen LogP contribution in [0.25, 0.3) is 0 Å². The molecule has 0 radical (unpaired) electrons. The van der Waals surface area contributed by atoms with Crippen molar-refractivity contribution in [1.29, 1.82) is 0 Å². The van der Waals surface area contributed by atoms with Gasteiger partial charge in [-0.05, 0) is 45.5 Å². The lowest BCUT2D eigenvalue weighted by molar-refractivity contribution is 0.0254. The third-order valence-electron chi connectivity index (χ3n) is 4.61. The maximum atomic E-state index is 12.4. The highest BCUT2D eigenvalue weighted by atomic mass is 16.5. The number of carbonyl (C=O) groups is 1. The van der Waals surface area contributed by atoms with Crippen LogP contribution in [0.4, 0.5) is 0 Å². The van der Waals surface area contributed by atoms with Gasteiger partial charge in [0.05, 0.1) is 5.56 Å². The van der Waals surface area contributed by atoms with Gasteiger partial charge in [-0.3, -0.25) is 9.78 Å². The van der Waals surface area contributed by atoms with Crippen LogP contribution in [-0.4, -0.2) is 67.1 Å². The SMILES string of the molecule is COCCC1(N(C)C)CCN(C(=O)c2cccnc2)CC1. The van der Waals surface area contributed by atoms with Gasteiger partial charge in [-0.2, -0.15) is 0 Å². The van der Waals surface area contributed by atoms with E-state index in [1.165, 1.54) is 0 Å². The van der Waals surface area contributed by atoms with Crippen molar-refractivity contribution in [2.75, 3.05) is 40.9 Å². The zero-order valence-electron chi connectivity index (χ0n) is 13.2. The number of ether oxygens (including phenoxy) is 1. The van der Waals surface area contributed by atoms with Crippen molar-refractivity contribution in [2.24, 2.45) is 0 Å². The number of hydrogen-bond donors (Lipinski definition) is 0. The van der Waals surface area contributed by atoms with Crippen molar-refractivity contribution in [3.05, 3.63) is 30.1 Å². The van der Waals surface area contributed by atoms with E-state index in [2.05, 4.69) is 24.0 Å². The summed E-state index contributed by atoms with van der Waals surface area (Å²) in [5.74, 6) is 0.0854. The summed E-state index contributed by atoms with van der Waals surface area (Å²) < 4.78 is 5.25. The van der Waals surface area contributed by atoms with Gasteiger partial charge in [-0.25, -0.2) is 0 Å². The standard InChI is InChI=1S/C16H25N3O2/c1-18(2)16(8-12-21-3)6-10-19(11-7-16)15(20)14-5-4-9-17-13-14/h4-5,9,13H,6-8,10-12H2,1-3H3. The molecule has 0 bridgehead atoms. The van der Waals surface area contributed by atoms with E-state index in [4.69, 9.17) is 4.74 Å². The van der Waals surface area contributed by atoms with E-state index in [9.17, 15) is 4.79 Å². The number of methoxy groups -OCH3 is 1. The Labute approximate surface area is 126 Å². The molecular weight excluding hydrogens is 266 g/mol. The first-order chi connectivity index (χ1) is 10.1. The molecule has 0 N–H and O–H groups in total. The Balaban J connectivity index is 2.00. The lowest BCUT2D eigenvalue weighted by Crippen LogP contribution is -2.54. The van der Waals surface area contributed by atoms with Gasteiger partial charge in [0, 0.05) is 44.7 Å². The first kappa shape index (κ1) is 15.9. The van der Waals surface area contributed by atoms with Crippen LogP contribution in [0.5, 0.6) is 0 Å². The maximum absolute atomic E-state index is 12.4. The summed E-state index contributed by atoms with van der Waals surface area (Å²) in [5, 5.41) is 0. The van der Waals surface area contributed by atoms with E-state index in [0.717, 1.165) is 39.0 Å². The van der Waals surface area contributed by atoms with E-state index in [1.54, 1.807) is 25.6 Å². The van der Waals surface area contributed by atoms with Gasteiger partial charge >= 0.3 is 0 Å². The molecule has 1 saturated heterocycles. The van der Waals surface area contributed by atoms with Gasteiger partial charge in [0.2, 0.25) is 0 Å². The minimum absolute atomic E-state index is 0.0854. The van der Waals surface area contributed by atoms with Gasteiger partial charge < -0.3 is 14.5 Å². The second-order valence-electron chi connectivity index (χ2n) is 5.90. The summed E-state index contributed by atoms with van der Waals surface area (Å²) in [7, 11) is 5.98. The molecule has 0 unspecified atom stereocenters. The fourth-order valence-electron chi connectivity index (χ4n) is 3.01. The molecule has 1 amide bonds. The number of rotatable bonds is 5. The van der Waals surface area contributed by atoms with Gasteiger partial charge in [-0.15, -0.1) is 0 Å². The van der Waals surface area contributed by atoms with Crippen LogP contribution in [-0.2, 0) is 4.74 Å². The topological polar surface area (TPSA) is 45.7 Å². The number of piperidine rings is 1. The van der Waals surface area contributed by atoms with Crippen molar-refractivity contribution in [1.82, 2.24) is 14.8 Å². The molecule has 0 aromatic carbocycles. The van der Waals surface area contributed by atoms with Gasteiger partial charge in [0.1, 0.15) is 0 Å². The molecule has 0 atom stereocenters. The second-order valence-corrected chi connectivity index (χ2v) is 5.90. The molecule has 0 spiro atoms. The quantitative estimate of drug-likeness (QED) is 0.827. The van der Waals surface area contributed by atoms with Crippen LogP contribution < -0.4 is 0 Å². The van der Waals surface area contributed by atoms with Crippen molar-refractivity contribution in [3.63, 3.8) is 0 Å². The smallest absolute Gasteiger partial charge is 0.255 e. The molecule has 5 nitrogen and oxygen atoms in total. The van der Waals surface area contributed by atoms with Crippen molar-refractivity contribution in [3.8, 4) is 0 Å². The summed E-state index contributed by atoms with van der Waals surface area (Å²) >= 11 is 0. The number of aromatic nitrogens is 1. The molecule has 1 aliphatic heterocycles. The predicted octanol–water partition coefficient (Wildman–Crippen LogP) is 1.65. The normalized spacial score (nSPS) is 18.0. The van der Waals surface area contributed by atoms with E-state index < -0.39 is 0 Å². The number of likely N-dealkylation sites (tertiary alicyclic amines) is 1. The first-order valence-corrected chi connectivity index (χ1v) is 7.45. The highest BCUT2D eigenvalue weighted by molar-refractivity contribution is 5.93. The van der Waals surface area contributed by atoms with Crippen molar-refractivity contribution >= 4 is 5.91 Å². The number of amides is 1. The molecule has 1 aromatic rings. The van der Waals surface area contributed by atoms with E-state index in [1.807, 2.05) is 11.0 Å². The van der Waals surface area contributed by atoms with Gasteiger partial charge in [0.15, 0.2) is 0 Å². The Morgan fingerprint density at radius 3 is 2.67 bits per heavy atom. The van der Waals surface area contributed by atoms with Gasteiger partial charge in [-0.1, -0.05) is 0 Å². The third kappa shape index (κ3) is 3.60. The molecule has 5 heteroatoms. The molecular formula is C16H25N3O2. The lowest BCUT2D eigenvalue weighted by atomic mass is 9.83. The van der Waals surface area contributed by atoms with Crippen molar-refractivity contribution < 1.29 is 9.53 Å². The minimum atomic E-state index is 0.0854. The van der Waals surface area contributed by atoms with Crippen molar-refractivity contribution in [2.45, 2.75) is 24.8 Å². The maximum Gasteiger partial charge on any atom is 0.255 e. The largest absolute Gasteiger partial charge is 0.385 e. The summed E-state index contributed by atoms with van der Waals surface area (Å²) in [6, 6.07) is 3.63. The second kappa shape index (κ2) is 7.00. The summed E-state index contributed by atoms with van der Waals surface area (Å²) in [6.45, 7) is 2.33. The molecule has 116 valence electrons. The monoisotopic (exact) mass is 291 g/mol. The average Bonchev–Trinajstić information content (AvgIpc) is 2.53. The Morgan fingerprint density at radius 1 is 1.43 bits per heavy atom. The summed E-state index contributed by atoms with van der Waals surface area (Å²) in [6.07, 6.45) is 6.30. The van der Waals surface area contributed by atoms with Crippen LogP contribution in [0.1, 0.15) is 29.6 Å². The number of hydrogen-bond acceptors (Lipinski definition) is 4. The Hall–Kier alpha value is -1.46. The number of nitrogens with zero attached hydrogens (tertiary/aromatic N) is 3. The van der Waals surface area contributed by atoms with Crippen LogP contribution >= 0.6 is 0 Å². The third-order valence-corrected chi connectivity index (χ3v) is 4.61. The molecule has 0 aliphatic carbocycles. The Bertz CT molecular complexity index is 454. The fraction of sp³-hybridized carbons (Fsp3) is 0.625. The lowest BCUT2D eigenvalue weighted by Gasteiger charge is -2.46. The zero-order valence-corrected chi connectivity index (χ0v) is 13.2. The molecule has 2 heterocycles. The van der Waals surface area contributed by atoms with E-state index >= 15 is 0 Å². The minimum Gasteiger partial charge on any atom is -0.385 e. The van der Waals surface area contributed by atoms with Gasteiger partial charge in [0.25, 0.3) is 5.91 Å². The number of carbonyl (C=O) groups excluding carboxylic acids is 1.